The minimum atomic E-state index is -4.56. The average Bonchev–Trinajstić information content (AvgIpc) is 2.86. The highest BCUT2D eigenvalue weighted by atomic mass is 35.5. The Morgan fingerprint density at radius 2 is 1.61 bits per heavy atom. The third kappa shape index (κ3) is 8.69. The lowest BCUT2D eigenvalue weighted by Crippen LogP contribution is -2.42. The first-order valence-electron chi connectivity index (χ1n) is 11.8. The van der Waals surface area contributed by atoms with Crippen LogP contribution in [0.3, 0.4) is 0 Å². The van der Waals surface area contributed by atoms with Crippen LogP contribution in [0.2, 0.25) is 0 Å². The Morgan fingerprint density at radius 1 is 1.03 bits per heavy atom. The van der Waals surface area contributed by atoms with Gasteiger partial charge >= 0.3 is 12.1 Å². The molecule has 0 aromatic heterocycles. The second-order valence-corrected chi connectivity index (χ2v) is 10.8. The molecular formula is C25H31ClF3N3O5S. The maximum Gasteiger partial charge on any atom is 0.416 e. The summed E-state index contributed by atoms with van der Waals surface area (Å²) in [5.41, 5.74) is 5.37. The zero-order valence-corrected chi connectivity index (χ0v) is 22.2. The molecule has 0 saturated heterocycles. The van der Waals surface area contributed by atoms with Crippen molar-refractivity contribution in [3.8, 4) is 0 Å². The van der Waals surface area contributed by atoms with Gasteiger partial charge in [-0.25, -0.2) is 13.1 Å². The van der Waals surface area contributed by atoms with Gasteiger partial charge in [0.05, 0.1) is 16.5 Å². The van der Waals surface area contributed by atoms with Gasteiger partial charge in [-0.2, -0.15) is 13.2 Å². The molecule has 1 fully saturated rings. The second-order valence-electron chi connectivity index (χ2n) is 9.08. The van der Waals surface area contributed by atoms with Gasteiger partial charge in [0.1, 0.15) is 12.6 Å². The summed E-state index contributed by atoms with van der Waals surface area (Å²) in [7, 11) is -4.01. The molecule has 1 aliphatic rings. The van der Waals surface area contributed by atoms with Crippen molar-refractivity contribution in [2.45, 2.75) is 61.8 Å². The number of benzene rings is 2. The number of alkyl halides is 3. The number of rotatable bonds is 9. The van der Waals surface area contributed by atoms with Gasteiger partial charge < -0.3 is 15.8 Å². The Bertz CT molecular complexity index is 1170. The molecule has 0 bridgehead atoms. The monoisotopic (exact) mass is 577 g/mol. The van der Waals surface area contributed by atoms with E-state index in [1.54, 1.807) is 24.3 Å². The number of carbonyl (C=O) groups is 2. The van der Waals surface area contributed by atoms with E-state index in [-0.39, 0.29) is 35.7 Å². The number of esters is 1. The molecule has 0 radical (unpaired) electrons. The van der Waals surface area contributed by atoms with Crippen LogP contribution in [0.5, 0.6) is 0 Å². The van der Waals surface area contributed by atoms with Crippen molar-refractivity contribution < 1.29 is 35.9 Å². The summed E-state index contributed by atoms with van der Waals surface area (Å²) < 4.78 is 71.3. The van der Waals surface area contributed by atoms with Crippen LogP contribution in [0.1, 0.15) is 49.8 Å². The number of hydrogen-bond donors (Lipinski definition) is 3. The molecule has 38 heavy (non-hydrogen) atoms. The van der Waals surface area contributed by atoms with Crippen LogP contribution in [0.15, 0.2) is 59.5 Å². The topological polar surface area (TPSA) is 128 Å². The zero-order chi connectivity index (χ0) is 27.2. The van der Waals surface area contributed by atoms with Crippen molar-refractivity contribution >= 4 is 34.3 Å². The van der Waals surface area contributed by atoms with E-state index < -0.39 is 45.9 Å². The SMILES string of the molecule is C[C@H](N)C(=O)OC[C@@H](NC(=O)C1CCC(NS(=O)(=O)c2ccc(C(F)(F)F)cc2)CC1)c1ccccc1.Cl. The molecule has 4 N–H and O–H groups in total. The molecular weight excluding hydrogens is 547 g/mol. The summed E-state index contributed by atoms with van der Waals surface area (Å²) in [6, 6.07) is 10.5. The molecule has 0 heterocycles. The number of amides is 1. The molecule has 13 heteroatoms. The first-order chi connectivity index (χ1) is 17.4. The lowest BCUT2D eigenvalue weighted by Gasteiger charge is -2.29. The number of ether oxygens (including phenoxy) is 1. The van der Waals surface area contributed by atoms with Crippen molar-refractivity contribution in [1.29, 1.82) is 0 Å². The maximum atomic E-state index is 13.0. The Labute approximate surface area is 226 Å². The van der Waals surface area contributed by atoms with Crippen LogP contribution in [0.4, 0.5) is 13.2 Å². The summed E-state index contributed by atoms with van der Waals surface area (Å²) >= 11 is 0. The normalized spacial score (nSPS) is 19.5. The molecule has 210 valence electrons. The molecule has 8 nitrogen and oxygen atoms in total. The molecule has 0 aliphatic heterocycles. The van der Waals surface area contributed by atoms with Crippen LogP contribution in [0.25, 0.3) is 0 Å². The first-order valence-corrected chi connectivity index (χ1v) is 13.3. The average molecular weight is 578 g/mol. The van der Waals surface area contributed by atoms with Crippen molar-refractivity contribution in [3.05, 3.63) is 65.7 Å². The second kappa shape index (κ2) is 13.4. The summed E-state index contributed by atoms with van der Waals surface area (Å²) in [5, 5.41) is 2.92. The van der Waals surface area contributed by atoms with Crippen LogP contribution in [0, 0.1) is 5.92 Å². The fraction of sp³-hybridized carbons (Fsp3) is 0.440. The zero-order valence-electron chi connectivity index (χ0n) is 20.6. The fourth-order valence-corrected chi connectivity index (χ4v) is 5.38. The lowest BCUT2D eigenvalue weighted by atomic mass is 9.85. The van der Waals surface area contributed by atoms with E-state index in [0.29, 0.717) is 25.7 Å². The van der Waals surface area contributed by atoms with Crippen LogP contribution < -0.4 is 15.8 Å². The van der Waals surface area contributed by atoms with E-state index in [4.69, 9.17) is 10.5 Å². The van der Waals surface area contributed by atoms with Crippen molar-refractivity contribution in [3.63, 3.8) is 0 Å². The van der Waals surface area contributed by atoms with Gasteiger partial charge in [-0.3, -0.25) is 9.59 Å². The van der Waals surface area contributed by atoms with Gasteiger partial charge in [-0.1, -0.05) is 30.3 Å². The van der Waals surface area contributed by atoms with Gasteiger partial charge in [0.25, 0.3) is 0 Å². The largest absolute Gasteiger partial charge is 0.462 e. The van der Waals surface area contributed by atoms with E-state index in [0.717, 1.165) is 29.8 Å². The molecule has 2 atom stereocenters. The summed E-state index contributed by atoms with van der Waals surface area (Å²) in [6.07, 6.45) is -2.97. The van der Waals surface area contributed by atoms with Crippen LogP contribution in [-0.2, 0) is 30.5 Å². The van der Waals surface area contributed by atoms with E-state index in [1.165, 1.54) is 6.92 Å². The van der Waals surface area contributed by atoms with Gasteiger partial charge in [-0.15, -0.1) is 12.4 Å². The van der Waals surface area contributed by atoms with E-state index in [1.807, 2.05) is 6.07 Å². The van der Waals surface area contributed by atoms with Crippen LogP contribution >= 0.6 is 12.4 Å². The quantitative estimate of drug-likeness (QED) is 0.390. The smallest absolute Gasteiger partial charge is 0.416 e. The molecule has 1 aliphatic carbocycles. The highest BCUT2D eigenvalue weighted by Crippen LogP contribution is 2.30. The van der Waals surface area contributed by atoms with Crippen LogP contribution in [-0.4, -0.2) is 39.0 Å². The van der Waals surface area contributed by atoms with Crippen molar-refractivity contribution in [2.24, 2.45) is 11.7 Å². The molecule has 2 aromatic rings. The van der Waals surface area contributed by atoms with Gasteiger partial charge in [0.2, 0.25) is 15.9 Å². The van der Waals surface area contributed by atoms with E-state index >= 15 is 0 Å². The summed E-state index contributed by atoms with van der Waals surface area (Å²) in [5.74, 6) is -1.20. The first kappa shape index (κ1) is 31.5. The molecule has 2 aromatic carbocycles. The highest BCUT2D eigenvalue weighted by Gasteiger charge is 2.32. The predicted octanol–water partition coefficient (Wildman–Crippen LogP) is 3.71. The highest BCUT2D eigenvalue weighted by molar-refractivity contribution is 7.89. The Kier molecular flexibility index (Phi) is 11.1. The Balaban J connectivity index is 0.00000507. The van der Waals surface area contributed by atoms with Gasteiger partial charge in [0, 0.05) is 12.0 Å². The molecule has 3 rings (SSSR count). The lowest BCUT2D eigenvalue weighted by molar-refractivity contribution is -0.146. The van der Waals surface area contributed by atoms with Crippen molar-refractivity contribution in [1.82, 2.24) is 10.0 Å². The third-order valence-corrected chi connectivity index (χ3v) is 7.73. The Morgan fingerprint density at radius 3 is 2.13 bits per heavy atom. The van der Waals surface area contributed by atoms with Gasteiger partial charge in [0.15, 0.2) is 0 Å². The Hall–Kier alpha value is -2.67. The number of carbonyl (C=O) groups excluding carboxylic acids is 2. The number of hydrogen-bond acceptors (Lipinski definition) is 6. The standard InChI is InChI=1S/C25H30F3N3O5S.ClH/c1-16(29)24(33)36-15-22(17-5-3-2-4-6-17)30-23(32)18-7-11-20(12-8-18)31-37(34,35)21-13-9-19(10-14-21)25(26,27)28;/h2-6,9-10,13-14,16,18,20,22,31H,7-8,11-12,15,29H2,1H3,(H,30,32);1H/t16-,18?,20?,22+;/m0./s1. The molecule has 0 spiro atoms. The summed E-state index contributed by atoms with van der Waals surface area (Å²) in [4.78, 5) is 24.5. The molecule has 1 saturated carbocycles. The van der Waals surface area contributed by atoms with Crippen molar-refractivity contribution in [2.75, 3.05) is 6.61 Å². The number of nitrogens with two attached hydrogens (primary N) is 1. The number of sulfonamides is 1. The minimum Gasteiger partial charge on any atom is -0.462 e. The molecule has 1 amide bonds. The maximum absolute atomic E-state index is 13.0. The number of halogens is 4. The van der Waals surface area contributed by atoms with Gasteiger partial charge in [-0.05, 0) is 62.4 Å². The summed E-state index contributed by atoms with van der Waals surface area (Å²) in [6.45, 7) is 1.42. The number of nitrogens with one attached hydrogen (secondary N) is 2. The van der Waals surface area contributed by atoms with E-state index in [2.05, 4.69) is 10.0 Å². The molecule has 0 unspecified atom stereocenters. The third-order valence-electron chi connectivity index (χ3n) is 6.19. The predicted molar refractivity (Wildman–Crippen MR) is 137 cm³/mol. The minimum absolute atomic E-state index is 0. The van der Waals surface area contributed by atoms with E-state index in [9.17, 15) is 31.2 Å². The fourth-order valence-electron chi connectivity index (χ4n) is 4.08.